The van der Waals surface area contributed by atoms with E-state index < -0.39 is 9.84 Å². The summed E-state index contributed by atoms with van der Waals surface area (Å²) in [5, 5.41) is 2.84. The summed E-state index contributed by atoms with van der Waals surface area (Å²) in [6.07, 6.45) is 1.19. The largest absolute Gasteiger partial charge is 0.334 e. The first-order chi connectivity index (χ1) is 10.1. The molecule has 0 aromatic heterocycles. The number of amides is 2. The smallest absolute Gasteiger partial charge is 0.317 e. The summed E-state index contributed by atoms with van der Waals surface area (Å²) in [5.41, 5.74) is 2.47. The molecule has 6 heteroatoms. The molecule has 2 amide bonds. The van der Waals surface area contributed by atoms with Crippen LogP contribution in [0.3, 0.4) is 0 Å². The van der Waals surface area contributed by atoms with Gasteiger partial charge < -0.3 is 10.2 Å². The molecule has 0 unspecified atom stereocenters. The molecule has 0 heterocycles. The summed E-state index contributed by atoms with van der Waals surface area (Å²) in [7, 11) is -3.22. The second-order valence-corrected chi connectivity index (χ2v) is 7.49. The van der Waals surface area contributed by atoms with Crippen LogP contribution in [0.15, 0.2) is 35.2 Å². The van der Waals surface area contributed by atoms with Crippen molar-refractivity contribution in [1.82, 2.24) is 10.2 Å². The third-order valence-corrected chi connectivity index (χ3v) is 4.47. The van der Waals surface area contributed by atoms with E-state index in [9.17, 15) is 13.2 Å². The molecule has 0 saturated heterocycles. The van der Waals surface area contributed by atoms with Gasteiger partial charge in [0.2, 0.25) is 0 Å². The highest BCUT2D eigenvalue weighted by Crippen LogP contribution is 2.16. The Labute approximate surface area is 132 Å². The van der Waals surface area contributed by atoms with Gasteiger partial charge in [0.1, 0.15) is 0 Å². The highest BCUT2D eigenvalue weighted by atomic mass is 32.2. The van der Waals surface area contributed by atoms with Gasteiger partial charge in [0.25, 0.3) is 0 Å². The van der Waals surface area contributed by atoms with Crippen molar-refractivity contribution >= 4 is 15.9 Å². The van der Waals surface area contributed by atoms with Crippen LogP contribution in [0, 0.1) is 6.92 Å². The van der Waals surface area contributed by atoms with Crippen molar-refractivity contribution < 1.29 is 13.2 Å². The average molecular weight is 324 g/mol. The van der Waals surface area contributed by atoms with Gasteiger partial charge in [-0.1, -0.05) is 24.3 Å². The number of sulfone groups is 1. The number of hydrogen-bond donors (Lipinski definition) is 1. The maximum absolute atomic E-state index is 12.1. The fraction of sp³-hybridized carbons (Fsp3) is 0.438. The molecule has 0 fully saturated rings. The second-order valence-electron chi connectivity index (χ2n) is 5.50. The predicted octanol–water partition coefficient (Wildman–Crippen LogP) is 2.51. The zero-order valence-electron chi connectivity index (χ0n) is 13.6. The van der Waals surface area contributed by atoms with E-state index in [-0.39, 0.29) is 6.03 Å². The molecule has 5 nitrogen and oxygen atoms in total. The molecule has 1 rings (SSSR count). The van der Waals surface area contributed by atoms with E-state index in [0.717, 1.165) is 11.1 Å². The molecule has 0 radical (unpaired) electrons. The maximum atomic E-state index is 12.1. The van der Waals surface area contributed by atoms with Gasteiger partial charge in [-0.3, -0.25) is 0 Å². The van der Waals surface area contributed by atoms with Gasteiger partial charge in [0.15, 0.2) is 9.84 Å². The molecule has 1 aromatic rings. The molecular formula is C16H24N2O3S. The van der Waals surface area contributed by atoms with Gasteiger partial charge >= 0.3 is 6.03 Å². The number of rotatable bonds is 6. The summed E-state index contributed by atoms with van der Waals surface area (Å²) < 4.78 is 23.2. The van der Waals surface area contributed by atoms with Crippen molar-refractivity contribution in [2.45, 2.75) is 32.2 Å². The summed E-state index contributed by atoms with van der Waals surface area (Å²) >= 11 is 0. The van der Waals surface area contributed by atoms with E-state index in [4.69, 9.17) is 0 Å². The first kappa shape index (κ1) is 18.2. The Morgan fingerprint density at radius 2 is 2.00 bits per heavy atom. The van der Waals surface area contributed by atoms with Gasteiger partial charge in [0.05, 0.1) is 4.90 Å². The number of aryl methyl sites for hydroxylation is 1. The van der Waals surface area contributed by atoms with Crippen LogP contribution in [0.5, 0.6) is 0 Å². The lowest BCUT2D eigenvalue weighted by Gasteiger charge is -2.21. The number of carbonyl (C=O) groups excluding carboxylic acids is 1. The minimum atomic E-state index is -3.22. The number of likely N-dealkylation sites (N-methyl/N-ethyl adjacent to an activating group) is 1. The lowest BCUT2D eigenvalue weighted by molar-refractivity contribution is 0.204. The summed E-state index contributed by atoms with van der Waals surface area (Å²) in [4.78, 5) is 14.1. The van der Waals surface area contributed by atoms with E-state index in [2.05, 4.69) is 11.9 Å². The number of carbonyl (C=O) groups is 1. The highest BCUT2D eigenvalue weighted by molar-refractivity contribution is 7.90. The molecular weight excluding hydrogens is 300 g/mol. The van der Waals surface area contributed by atoms with Crippen molar-refractivity contribution in [3.8, 4) is 0 Å². The zero-order chi connectivity index (χ0) is 16.9. The van der Waals surface area contributed by atoms with Crippen LogP contribution in [0.25, 0.3) is 0 Å². The van der Waals surface area contributed by atoms with Crippen molar-refractivity contribution in [1.29, 1.82) is 0 Å². The second kappa shape index (κ2) is 7.45. The van der Waals surface area contributed by atoms with Crippen molar-refractivity contribution in [3.63, 3.8) is 0 Å². The zero-order valence-corrected chi connectivity index (χ0v) is 14.5. The van der Waals surface area contributed by atoms with E-state index in [1.165, 1.54) is 6.26 Å². The van der Waals surface area contributed by atoms with E-state index in [1.807, 2.05) is 13.8 Å². The number of nitrogens with one attached hydrogen (secondary N) is 1. The van der Waals surface area contributed by atoms with Crippen molar-refractivity contribution in [2.24, 2.45) is 0 Å². The third-order valence-electron chi connectivity index (χ3n) is 3.21. The molecule has 1 aromatic carbocycles. The predicted molar refractivity (Wildman–Crippen MR) is 88.6 cm³/mol. The monoisotopic (exact) mass is 324 g/mol. The molecule has 1 N–H and O–H groups in total. The number of hydrogen-bond acceptors (Lipinski definition) is 3. The fourth-order valence-electron chi connectivity index (χ4n) is 2.18. The maximum Gasteiger partial charge on any atom is 0.317 e. The Bertz CT molecular complexity index is 666. The van der Waals surface area contributed by atoms with Crippen LogP contribution in [-0.4, -0.2) is 38.7 Å². The van der Waals surface area contributed by atoms with E-state index in [1.54, 1.807) is 30.0 Å². The minimum Gasteiger partial charge on any atom is -0.334 e. The van der Waals surface area contributed by atoms with E-state index in [0.29, 0.717) is 30.1 Å². The Balaban J connectivity index is 2.74. The van der Waals surface area contributed by atoms with Crippen molar-refractivity contribution in [2.75, 3.05) is 19.3 Å². The Morgan fingerprint density at radius 1 is 1.36 bits per heavy atom. The van der Waals surface area contributed by atoms with Crippen LogP contribution in [-0.2, 0) is 16.4 Å². The number of benzene rings is 1. The van der Waals surface area contributed by atoms with Gasteiger partial charge in [0, 0.05) is 25.9 Å². The third kappa shape index (κ3) is 5.18. The molecule has 0 aliphatic heterocycles. The Hall–Kier alpha value is -1.82. The molecule has 22 heavy (non-hydrogen) atoms. The first-order valence-corrected chi connectivity index (χ1v) is 9.01. The molecule has 0 saturated carbocycles. The van der Waals surface area contributed by atoms with Gasteiger partial charge in [-0.2, -0.15) is 0 Å². The van der Waals surface area contributed by atoms with Crippen LogP contribution in [0.2, 0.25) is 0 Å². The topological polar surface area (TPSA) is 66.5 Å². The quantitative estimate of drug-likeness (QED) is 0.818. The molecule has 122 valence electrons. The number of urea groups is 1. The molecule has 0 bridgehead atoms. The molecule has 0 aliphatic rings. The summed E-state index contributed by atoms with van der Waals surface area (Å²) in [6, 6.07) is 4.93. The summed E-state index contributed by atoms with van der Waals surface area (Å²) in [6.45, 7) is 10.8. The van der Waals surface area contributed by atoms with Crippen LogP contribution in [0.4, 0.5) is 4.79 Å². The molecule has 0 aliphatic carbocycles. The standard InChI is InChI=1S/C16H24N2O3S/c1-6-18(11-12(2)3)16(19)17-10-14-7-8-15(13(4)9-14)22(5,20)21/h7-9H,2,6,10-11H2,1,3-5H3,(H,17,19). The molecule has 0 spiro atoms. The minimum absolute atomic E-state index is 0.157. The van der Waals surface area contributed by atoms with Crippen LogP contribution in [0.1, 0.15) is 25.0 Å². The molecule has 0 atom stereocenters. The van der Waals surface area contributed by atoms with E-state index >= 15 is 0 Å². The fourth-order valence-corrected chi connectivity index (χ4v) is 3.14. The van der Waals surface area contributed by atoms with Crippen LogP contribution >= 0.6 is 0 Å². The SMILES string of the molecule is C=C(C)CN(CC)C(=O)NCc1ccc(S(C)(=O)=O)c(C)c1. The Morgan fingerprint density at radius 3 is 2.45 bits per heavy atom. The summed E-state index contributed by atoms with van der Waals surface area (Å²) in [5.74, 6) is 0. The Kier molecular flexibility index (Phi) is 6.17. The van der Waals surface area contributed by atoms with Gasteiger partial charge in [-0.15, -0.1) is 0 Å². The average Bonchev–Trinajstić information content (AvgIpc) is 2.40. The first-order valence-electron chi connectivity index (χ1n) is 7.12. The normalized spacial score (nSPS) is 11.1. The van der Waals surface area contributed by atoms with Gasteiger partial charge in [-0.25, -0.2) is 13.2 Å². The van der Waals surface area contributed by atoms with Crippen molar-refractivity contribution in [3.05, 3.63) is 41.5 Å². The number of nitrogens with zero attached hydrogens (tertiary/aromatic N) is 1. The van der Waals surface area contributed by atoms with Gasteiger partial charge in [-0.05, 0) is 38.0 Å². The van der Waals surface area contributed by atoms with Crippen LogP contribution < -0.4 is 5.32 Å². The lowest BCUT2D eigenvalue weighted by Crippen LogP contribution is -2.40. The lowest BCUT2D eigenvalue weighted by atomic mass is 10.1. The highest BCUT2D eigenvalue weighted by Gasteiger charge is 2.13.